The SMILES string of the molecule is CN(C)Cc1ccc(CSCCNC(=O)c2ccc(S(N)(=O)=O)cc2)o1.O=C(O)C(=O)O. The van der Waals surface area contributed by atoms with Crippen molar-refractivity contribution < 1.29 is 37.4 Å². The van der Waals surface area contributed by atoms with Gasteiger partial charge in [-0.1, -0.05) is 0 Å². The van der Waals surface area contributed by atoms with Gasteiger partial charge in [0.25, 0.3) is 5.91 Å². The van der Waals surface area contributed by atoms with E-state index < -0.39 is 22.0 Å². The number of rotatable bonds is 9. The molecule has 1 heterocycles. The van der Waals surface area contributed by atoms with Crippen LogP contribution in [0.3, 0.4) is 0 Å². The first kappa shape index (κ1) is 27.2. The highest BCUT2D eigenvalue weighted by molar-refractivity contribution is 7.98. The second-order valence-electron chi connectivity index (χ2n) is 6.59. The molecule has 13 heteroatoms. The lowest BCUT2D eigenvalue weighted by molar-refractivity contribution is -0.159. The van der Waals surface area contributed by atoms with E-state index in [1.165, 1.54) is 24.3 Å². The molecule has 0 radical (unpaired) electrons. The number of carboxylic acid groups (broad SMARTS) is 2. The van der Waals surface area contributed by atoms with E-state index in [0.29, 0.717) is 12.1 Å². The molecule has 0 atom stereocenters. The van der Waals surface area contributed by atoms with Crippen LogP contribution in [-0.4, -0.2) is 67.8 Å². The van der Waals surface area contributed by atoms with Gasteiger partial charge in [0.2, 0.25) is 10.0 Å². The van der Waals surface area contributed by atoms with Crippen LogP contribution >= 0.6 is 11.8 Å². The number of sulfonamides is 1. The summed E-state index contributed by atoms with van der Waals surface area (Å²) < 4.78 is 28.1. The zero-order valence-electron chi connectivity index (χ0n) is 17.5. The number of carboxylic acids is 2. The molecule has 176 valence electrons. The maximum atomic E-state index is 12.0. The van der Waals surface area contributed by atoms with Crippen LogP contribution in [0.5, 0.6) is 0 Å². The Hall–Kier alpha value is -2.87. The number of carbonyl (C=O) groups excluding carboxylic acids is 1. The standard InChI is InChI=1S/C17H23N3O4S2.C2H2O4/c1-20(2)11-14-5-6-15(24-14)12-25-10-9-19-17(21)13-3-7-16(8-4-13)26(18,22)23;3-1(4)2(5)6/h3-8H,9-12H2,1-2H3,(H,19,21)(H2,18,22,23);(H,3,4)(H,5,6). The van der Waals surface area contributed by atoms with Crippen molar-refractivity contribution in [2.75, 3.05) is 26.4 Å². The van der Waals surface area contributed by atoms with Gasteiger partial charge in [0.05, 0.1) is 17.2 Å². The number of carbonyl (C=O) groups is 3. The zero-order chi connectivity index (χ0) is 24.3. The third kappa shape index (κ3) is 10.4. The molecular formula is C19H25N3O8S2. The maximum Gasteiger partial charge on any atom is 0.414 e. The van der Waals surface area contributed by atoms with E-state index in [1.807, 2.05) is 31.1 Å². The average molecular weight is 488 g/mol. The highest BCUT2D eigenvalue weighted by Crippen LogP contribution is 2.16. The summed E-state index contributed by atoms with van der Waals surface area (Å²) in [5.41, 5.74) is 0.391. The molecule has 0 spiro atoms. The third-order valence-electron chi connectivity index (χ3n) is 3.59. The van der Waals surface area contributed by atoms with Crippen molar-refractivity contribution in [3.63, 3.8) is 0 Å². The minimum absolute atomic E-state index is 0.0170. The van der Waals surface area contributed by atoms with E-state index in [9.17, 15) is 13.2 Å². The van der Waals surface area contributed by atoms with Crippen LogP contribution in [0.25, 0.3) is 0 Å². The Kier molecular flexibility index (Phi) is 10.9. The fourth-order valence-corrected chi connectivity index (χ4v) is 3.47. The van der Waals surface area contributed by atoms with Gasteiger partial charge in [0.1, 0.15) is 11.5 Å². The molecule has 0 fully saturated rings. The average Bonchev–Trinajstić information content (AvgIpc) is 3.13. The van der Waals surface area contributed by atoms with E-state index in [2.05, 4.69) is 5.32 Å². The molecule has 2 rings (SSSR count). The Morgan fingerprint density at radius 1 is 1.03 bits per heavy atom. The fraction of sp³-hybridized carbons (Fsp3) is 0.316. The molecule has 0 saturated heterocycles. The number of hydrogen-bond acceptors (Lipinski definition) is 8. The summed E-state index contributed by atoms with van der Waals surface area (Å²) in [6.07, 6.45) is 0. The monoisotopic (exact) mass is 487 g/mol. The van der Waals surface area contributed by atoms with Gasteiger partial charge in [-0.2, -0.15) is 11.8 Å². The largest absolute Gasteiger partial charge is 0.473 e. The molecule has 0 bridgehead atoms. The highest BCUT2D eigenvalue weighted by atomic mass is 32.2. The van der Waals surface area contributed by atoms with E-state index in [1.54, 1.807) is 11.8 Å². The number of benzene rings is 1. The van der Waals surface area contributed by atoms with Gasteiger partial charge in [0.15, 0.2) is 0 Å². The minimum atomic E-state index is -3.75. The summed E-state index contributed by atoms with van der Waals surface area (Å²) in [5, 5.41) is 22.6. The number of hydrogen-bond donors (Lipinski definition) is 4. The van der Waals surface area contributed by atoms with Crippen LogP contribution in [0.4, 0.5) is 0 Å². The predicted octanol–water partition coefficient (Wildman–Crippen LogP) is 0.807. The van der Waals surface area contributed by atoms with Gasteiger partial charge in [-0.25, -0.2) is 23.1 Å². The van der Waals surface area contributed by atoms with Crippen LogP contribution in [0, 0.1) is 0 Å². The highest BCUT2D eigenvalue weighted by Gasteiger charge is 2.10. The molecule has 1 aromatic carbocycles. The van der Waals surface area contributed by atoms with Gasteiger partial charge in [0, 0.05) is 17.9 Å². The Labute approximate surface area is 189 Å². The number of primary sulfonamides is 1. The number of thioether (sulfide) groups is 1. The molecule has 0 aliphatic rings. The quantitative estimate of drug-likeness (QED) is 0.292. The smallest absolute Gasteiger partial charge is 0.414 e. The van der Waals surface area contributed by atoms with Crippen molar-refractivity contribution >= 4 is 39.6 Å². The van der Waals surface area contributed by atoms with Gasteiger partial charge in [-0.3, -0.25) is 4.79 Å². The molecule has 0 aliphatic carbocycles. The number of nitrogens with one attached hydrogen (secondary N) is 1. The Balaban J connectivity index is 0.000000751. The molecule has 2 aromatic rings. The Bertz CT molecular complexity index is 1010. The molecule has 0 unspecified atom stereocenters. The summed E-state index contributed by atoms with van der Waals surface area (Å²) in [6.45, 7) is 1.27. The Morgan fingerprint density at radius 3 is 2.09 bits per heavy atom. The zero-order valence-corrected chi connectivity index (χ0v) is 19.1. The van der Waals surface area contributed by atoms with E-state index in [-0.39, 0.29) is 10.8 Å². The van der Waals surface area contributed by atoms with Crippen LogP contribution in [0.1, 0.15) is 21.9 Å². The molecule has 11 nitrogen and oxygen atoms in total. The molecular weight excluding hydrogens is 462 g/mol. The summed E-state index contributed by atoms with van der Waals surface area (Å²) in [6, 6.07) is 9.47. The van der Waals surface area contributed by atoms with Gasteiger partial charge in [-0.05, 0) is 50.5 Å². The number of amides is 1. The van der Waals surface area contributed by atoms with Gasteiger partial charge < -0.3 is 24.8 Å². The van der Waals surface area contributed by atoms with E-state index in [4.69, 9.17) is 29.4 Å². The predicted molar refractivity (Wildman–Crippen MR) is 118 cm³/mol. The lowest BCUT2D eigenvalue weighted by atomic mass is 10.2. The minimum Gasteiger partial charge on any atom is -0.473 e. The van der Waals surface area contributed by atoms with Gasteiger partial charge >= 0.3 is 11.9 Å². The van der Waals surface area contributed by atoms with Crippen LogP contribution < -0.4 is 10.5 Å². The first-order chi connectivity index (χ1) is 14.9. The van der Waals surface area contributed by atoms with Crippen molar-refractivity contribution in [3.8, 4) is 0 Å². The molecule has 32 heavy (non-hydrogen) atoms. The van der Waals surface area contributed by atoms with Crippen molar-refractivity contribution in [2.24, 2.45) is 5.14 Å². The van der Waals surface area contributed by atoms with Crippen molar-refractivity contribution in [1.82, 2.24) is 10.2 Å². The van der Waals surface area contributed by atoms with Crippen LogP contribution in [-0.2, 0) is 31.9 Å². The summed E-state index contributed by atoms with van der Waals surface area (Å²) in [4.78, 5) is 32.2. The number of aliphatic carboxylic acids is 2. The second-order valence-corrected chi connectivity index (χ2v) is 9.26. The fourth-order valence-electron chi connectivity index (χ4n) is 2.20. The molecule has 1 aromatic heterocycles. The summed E-state index contributed by atoms with van der Waals surface area (Å²) >= 11 is 1.66. The Morgan fingerprint density at radius 2 is 1.59 bits per heavy atom. The summed E-state index contributed by atoms with van der Waals surface area (Å²) in [5.74, 6) is -0.571. The third-order valence-corrected chi connectivity index (χ3v) is 5.50. The lowest BCUT2D eigenvalue weighted by Gasteiger charge is -2.06. The van der Waals surface area contributed by atoms with E-state index in [0.717, 1.165) is 29.6 Å². The topological polar surface area (TPSA) is 180 Å². The second kappa shape index (κ2) is 12.9. The van der Waals surface area contributed by atoms with Crippen molar-refractivity contribution in [2.45, 2.75) is 17.2 Å². The van der Waals surface area contributed by atoms with Crippen LogP contribution in [0.15, 0.2) is 45.7 Å². The lowest BCUT2D eigenvalue weighted by Crippen LogP contribution is -2.25. The number of nitrogens with two attached hydrogens (primary N) is 1. The van der Waals surface area contributed by atoms with E-state index >= 15 is 0 Å². The van der Waals surface area contributed by atoms with Crippen LogP contribution in [0.2, 0.25) is 0 Å². The maximum absolute atomic E-state index is 12.0. The van der Waals surface area contributed by atoms with Crippen molar-refractivity contribution in [3.05, 3.63) is 53.5 Å². The van der Waals surface area contributed by atoms with Crippen molar-refractivity contribution in [1.29, 1.82) is 0 Å². The first-order valence-corrected chi connectivity index (χ1v) is 11.8. The molecule has 1 amide bonds. The van der Waals surface area contributed by atoms with Gasteiger partial charge in [-0.15, -0.1) is 0 Å². The number of nitrogens with zero attached hydrogens (tertiary/aromatic N) is 1. The first-order valence-electron chi connectivity index (χ1n) is 9.07. The molecule has 5 N–H and O–H groups in total. The summed E-state index contributed by atoms with van der Waals surface area (Å²) in [7, 11) is 0.229. The molecule has 0 saturated carbocycles. The number of furan rings is 1. The molecule has 0 aliphatic heterocycles. The normalized spacial score (nSPS) is 10.9.